The van der Waals surface area contributed by atoms with Gasteiger partial charge in [0.05, 0.1) is 5.02 Å². The van der Waals surface area contributed by atoms with Crippen LogP contribution in [0.4, 0.5) is 5.82 Å². The molecule has 0 saturated carbocycles. The molecule has 3 rings (SSSR count). The first-order valence-corrected chi connectivity index (χ1v) is 6.92. The van der Waals surface area contributed by atoms with Crippen molar-refractivity contribution in [1.29, 1.82) is 0 Å². The van der Waals surface area contributed by atoms with Gasteiger partial charge in [-0.25, -0.2) is 4.98 Å². The van der Waals surface area contributed by atoms with Crippen LogP contribution < -0.4 is 5.73 Å². The number of hydrogen-bond donors (Lipinski definition) is 1. The zero-order valence-corrected chi connectivity index (χ0v) is 12.3. The second kappa shape index (κ2) is 5.68. The van der Waals surface area contributed by atoms with Crippen LogP contribution in [0.1, 0.15) is 0 Å². The van der Waals surface area contributed by atoms with Crippen molar-refractivity contribution in [3.05, 3.63) is 58.6 Å². The number of halogens is 2. The molecule has 6 heteroatoms. The van der Waals surface area contributed by atoms with Crippen molar-refractivity contribution < 1.29 is 0 Å². The highest BCUT2D eigenvalue weighted by Gasteiger charge is 2.12. The molecular formula is C15H10Cl2N4. The predicted molar refractivity (Wildman–Crippen MR) is 85.1 cm³/mol. The van der Waals surface area contributed by atoms with Gasteiger partial charge in [-0.1, -0.05) is 53.5 Å². The second-order valence-electron chi connectivity index (χ2n) is 4.36. The van der Waals surface area contributed by atoms with Gasteiger partial charge in [0.25, 0.3) is 0 Å². The van der Waals surface area contributed by atoms with Gasteiger partial charge in [0.15, 0.2) is 11.6 Å². The van der Waals surface area contributed by atoms with Gasteiger partial charge in [0, 0.05) is 16.1 Å². The Morgan fingerprint density at radius 1 is 0.905 bits per heavy atom. The number of nitrogens with zero attached hydrogens (tertiary/aromatic N) is 3. The summed E-state index contributed by atoms with van der Waals surface area (Å²) in [6, 6.07) is 14.6. The normalized spacial score (nSPS) is 10.6. The number of nitrogens with two attached hydrogens (primary N) is 1. The van der Waals surface area contributed by atoms with Crippen molar-refractivity contribution in [3.63, 3.8) is 0 Å². The topological polar surface area (TPSA) is 64.7 Å². The standard InChI is InChI=1S/C15H10Cl2N4/c16-10-6-7-11(12(17)8-10)15-19-14(18)13(20-21-15)9-4-2-1-3-5-9/h1-8H,(H2,18,19,21). The van der Waals surface area contributed by atoms with Crippen molar-refractivity contribution in [1.82, 2.24) is 15.2 Å². The van der Waals surface area contributed by atoms with Gasteiger partial charge < -0.3 is 5.73 Å². The number of aromatic nitrogens is 3. The molecule has 0 amide bonds. The average Bonchev–Trinajstić information content (AvgIpc) is 2.48. The van der Waals surface area contributed by atoms with E-state index in [9.17, 15) is 0 Å². The van der Waals surface area contributed by atoms with Crippen LogP contribution in [-0.2, 0) is 0 Å². The van der Waals surface area contributed by atoms with Gasteiger partial charge in [0.2, 0.25) is 0 Å². The monoisotopic (exact) mass is 316 g/mol. The molecule has 1 heterocycles. The Balaban J connectivity index is 2.06. The van der Waals surface area contributed by atoms with Gasteiger partial charge in [-0.05, 0) is 18.2 Å². The van der Waals surface area contributed by atoms with E-state index in [1.807, 2.05) is 30.3 Å². The van der Waals surface area contributed by atoms with E-state index >= 15 is 0 Å². The lowest BCUT2D eigenvalue weighted by molar-refractivity contribution is 0.994. The third kappa shape index (κ3) is 2.82. The van der Waals surface area contributed by atoms with Crippen LogP contribution in [0.25, 0.3) is 22.6 Å². The molecule has 0 radical (unpaired) electrons. The molecule has 0 fully saturated rings. The highest BCUT2D eigenvalue weighted by molar-refractivity contribution is 6.36. The molecule has 0 spiro atoms. The minimum atomic E-state index is 0.303. The van der Waals surface area contributed by atoms with Gasteiger partial charge in [-0.2, -0.15) is 0 Å². The van der Waals surface area contributed by atoms with E-state index in [4.69, 9.17) is 28.9 Å². The molecule has 0 saturated heterocycles. The molecule has 0 aliphatic rings. The number of rotatable bonds is 2. The van der Waals surface area contributed by atoms with Gasteiger partial charge in [0.1, 0.15) is 5.69 Å². The summed E-state index contributed by atoms with van der Waals surface area (Å²) < 4.78 is 0. The molecule has 0 aliphatic carbocycles. The maximum Gasteiger partial charge on any atom is 0.185 e. The predicted octanol–water partition coefficient (Wildman–Crippen LogP) is 4.09. The third-order valence-corrected chi connectivity index (χ3v) is 3.48. The summed E-state index contributed by atoms with van der Waals surface area (Å²) in [5.74, 6) is 0.672. The smallest absolute Gasteiger partial charge is 0.185 e. The Hall–Kier alpha value is -2.17. The molecule has 0 unspecified atom stereocenters. The fraction of sp³-hybridized carbons (Fsp3) is 0. The first-order chi connectivity index (χ1) is 10.1. The molecule has 21 heavy (non-hydrogen) atoms. The molecule has 1 aromatic heterocycles. The lowest BCUT2D eigenvalue weighted by atomic mass is 10.1. The van der Waals surface area contributed by atoms with E-state index in [1.54, 1.807) is 18.2 Å². The fourth-order valence-corrected chi connectivity index (χ4v) is 2.42. The van der Waals surface area contributed by atoms with E-state index in [-0.39, 0.29) is 0 Å². The minimum absolute atomic E-state index is 0.303. The summed E-state index contributed by atoms with van der Waals surface area (Å²) in [5.41, 5.74) is 8.04. The maximum absolute atomic E-state index is 6.14. The van der Waals surface area contributed by atoms with Crippen molar-refractivity contribution in [2.24, 2.45) is 0 Å². The Morgan fingerprint density at radius 3 is 2.33 bits per heavy atom. The highest BCUT2D eigenvalue weighted by Crippen LogP contribution is 2.29. The zero-order chi connectivity index (χ0) is 14.8. The molecule has 2 aromatic carbocycles. The van der Waals surface area contributed by atoms with Crippen LogP contribution >= 0.6 is 23.2 Å². The van der Waals surface area contributed by atoms with Crippen LogP contribution in [0.3, 0.4) is 0 Å². The van der Waals surface area contributed by atoms with Crippen molar-refractivity contribution in [2.45, 2.75) is 0 Å². The number of anilines is 1. The van der Waals surface area contributed by atoms with E-state index < -0.39 is 0 Å². The molecule has 0 atom stereocenters. The quantitative estimate of drug-likeness (QED) is 0.773. The molecule has 0 bridgehead atoms. The second-order valence-corrected chi connectivity index (χ2v) is 5.20. The summed E-state index contributed by atoms with van der Waals surface area (Å²) >= 11 is 12.0. The fourth-order valence-electron chi connectivity index (χ4n) is 1.92. The largest absolute Gasteiger partial charge is 0.382 e. The molecule has 104 valence electrons. The Kier molecular flexibility index (Phi) is 3.73. The Labute approximate surface area is 131 Å². The maximum atomic E-state index is 6.14. The summed E-state index contributed by atoms with van der Waals surface area (Å²) in [7, 11) is 0. The van der Waals surface area contributed by atoms with Crippen molar-refractivity contribution in [2.75, 3.05) is 5.73 Å². The van der Waals surface area contributed by atoms with Crippen LogP contribution in [0.15, 0.2) is 48.5 Å². The van der Waals surface area contributed by atoms with E-state index in [0.29, 0.717) is 32.9 Å². The minimum Gasteiger partial charge on any atom is -0.382 e. The molecule has 3 aromatic rings. The average molecular weight is 317 g/mol. The summed E-state index contributed by atoms with van der Waals surface area (Å²) in [4.78, 5) is 4.29. The van der Waals surface area contributed by atoms with E-state index in [0.717, 1.165) is 5.56 Å². The van der Waals surface area contributed by atoms with Gasteiger partial charge in [-0.3, -0.25) is 0 Å². The number of hydrogen-bond acceptors (Lipinski definition) is 4. The third-order valence-electron chi connectivity index (χ3n) is 2.93. The number of nitrogen functional groups attached to an aromatic ring is 1. The van der Waals surface area contributed by atoms with Gasteiger partial charge >= 0.3 is 0 Å². The van der Waals surface area contributed by atoms with Crippen molar-refractivity contribution in [3.8, 4) is 22.6 Å². The van der Waals surface area contributed by atoms with Crippen LogP contribution in [-0.4, -0.2) is 15.2 Å². The van der Waals surface area contributed by atoms with E-state index in [1.165, 1.54) is 0 Å². The molecular weight excluding hydrogens is 307 g/mol. The van der Waals surface area contributed by atoms with Crippen LogP contribution in [0, 0.1) is 0 Å². The van der Waals surface area contributed by atoms with Crippen LogP contribution in [0.5, 0.6) is 0 Å². The summed E-state index contributed by atoms with van der Waals surface area (Å²) in [5, 5.41) is 9.27. The van der Waals surface area contributed by atoms with Crippen LogP contribution in [0.2, 0.25) is 10.0 Å². The highest BCUT2D eigenvalue weighted by atomic mass is 35.5. The van der Waals surface area contributed by atoms with Crippen molar-refractivity contribution >= 4 is 29.0 Å². The Bertz CT molecular complexity index is 791. The first-order valence-electron chi connectivity index (χ1n) is 6.16. The first kappa shape index (κ1) is 13.8. The SMILES string of the molecule is Nc1nc(-c2ccc(Cl)cc2Cl)nnc1-c1ccccc1. The molecule has 4 nitrogen and oxygen atoms in total. The Morgan fingerprint density at radius 2 is 1.67 bits per heavy atom. The lowest BCUT2D eigenvalue weighted by Crippen LogP contribution is -2.02. The summed E-state index contributed by atoms with van der Waals surface area (Å²) in [6.07, 6.45) is 0. The van der Waals surface area contributed by atoms with Gasteiger partial charge in [-0.15, -0.1) is 10.2 Å². The molecule has 0 aliphatic heterocycles. The van der Waals surface area contributed by atoms with E-state index in [2.05, 4.69) is 15.2 Å². The number of benzene rings is 2. The summed E-state index contributed by atoms with van der Waals surface area (Å²) in [6.45, 7) is 0. The lowest BCUT2D eigenvalue weighted by Gasteiger charge is -2.07. The zero-order valence-electron chi connectivity index (χ0n) is 10.8. The molecule has 2 N–H and O–H groups in total.